The van der Waals surface area contributed by atoms with Crippen LogP contribution in [0, 0.1) is 23.0 Å². The fraction of sp³-hybridized carbons (Fsp3) is 0.233. The summed E-state index contributed by atoms with van der Waals surface area (Å²) < 4.78 is 73.0. The standard InChI is InChI=1S/C43H33F5N10O4S/c1-42(2)40(62)57(25-9-6-22(18-49)29(16-25)43(46,47)48)41(63)58(42)26-10-11-27(30(45)17-26)39(61)50-13-12-33(60)54-24-7-4-21(5-8-24)36-35(38-52-20-53-56(38)3)37-34-28(32(59)19-51-37)14-23(44)15-31(34)55-36/h4-11,14-17,20,35-36,55H,12-13,19H2,1-3H3,(H,50,61)(H,54,60)/t35-,36-/m1/s1. The number of hydrogen-bond donors (Lipinski definition) is 3. The van der Waals surface area contributed by atoms with Crippen molar-refractivity contribution in [2.75, 3.05) is 33.5 Å². The first-order valence-electron chi connectivity index (χ1n) is 19.2. The molecule has 5 aromatic rings. The maximum atomic E-state index is 15.5. The molecule has 4 aromatic carbocycles. The number of ketones is 1. The number of aliphatic imine (C=N–C) groups is 1. The largest absolute Gasteiger partial charge is 0.417 e. The van der Waals surface area contributed by atoms with E-state index in [0.29, 0.717) is 34.5 Å². The molecule has 0 unspecified atom stereocenters. The van der Waals surface area contributed by atoms with E-state index in [2.05, 4.69) is 31.0 Å². The first-order chi connectivity index (χ1) is 29.9. The molecule has 0 aliphatic carbocycles. The number of carbonyl (C=O) groups excluding carboxylic acids is 4. The average molecular weight is 881 g/mol. The Bertz CT molecular complexity index is 2850. The van der Waals surface area contributed by atoms with E-state index >= 15 is 4.39 Å². The van der Waals surface area contributed by atoms with Crippen molar-refractivity contribution in [3.05, 3.63) is 130 Å². The molecule has 3 aliphatic heterocycles. The zero-order chi connectivity index (χ0) is 45.1. The van der Waals surface area contributed by atoms with Gasteiger partial charge >= 0.3 is 6.18 Å². The van der Waals surface area contributed by atoms with Crippen molar-refractivity contribution in [3.63, 3.8) is 0 Å². The van der Waals surface area contributed by atoms with Crippen LogP contribution in [0.4, 0.5) is 44.7 Å². The Morgan fingerprint density at radius 1 is 1.02 bits per heavy atom. The van der Waals surface area contributed by atoms with Crippen LogP contribution in [0.1, 0.15) is 81.0 Å². The van der Waals surface area contributed by atoms with Crippen molar-refractivity contribution in [3.8, 4) is 6.07 Å². The third-order valence-corrected chi connectivity index (χ3v) is 11.4. The van der Waals surface area contributed by atoms with Crippen molar-refractivity contribution >= 4 is 69.3 Å². The predicted octanol–water partition coefficient (Wildman–Crippen LogP) is 6.60. The summed E-state index contributed by atoms with van der Waals surface area (Å²) in [6.07, 6.45) is -3.67. The van der Waals surface area contributed by atoms with Crippen LogP contribution in [0.3, 0.4) is 0 Å². The Morgan fingerprint density at radius 2 is 1.75 bits per heavy atom. The topological polar surface area (TPSA) is 178 Å². The maximum absolute atomic E-state index is 15.5. The van der Waals surface area contributed by atoms with Crippen molar-refractivity contribution < 1.29 is 41.1 Å². The van der Waals surface area contributed by atoms with Crippen molar-refractivity contribution in [2.45, 2.75) is 43.9 Å². The van der Waals surface area contributed by atoms with Crippen LogP contribution in [-0.2, 0) is 22.8 Å². The molecule has 14 nitrogen and oxygen atoms in total. The Kier molecular flexibility index (Phi) is 10.6. The second-order valence-electron chi connectivity index (χ2n) is 15.3. The number of rotatable bonds is 9. The number of Topliss-reactive ketones (excluding diaryl/α,β-unsaturated/α-hetero) is 1. The molecular formula is C43H33F5N10O4S. The quantitative estimate of drug-likeness (QED) is 0.108. The molecule has 3 amide bonds. The molecule has 0 bridgehead atoms. The normalized spacial score (nSPS) is 17.8. The summed E-state index contributed by atoms with van der Waals surface area (Å²) in [7, 11) is 1.73. The van der Waals surface area contributed by atoms with Gasteiger partial charge in [0, 0.05) is 48.2 Å². The highest BCUT2D eigenvalue weighted by Gasteiger charge is 2.51. The smallest absolute Gasteiger partial charge is 0.376 e. The zero-order valence-corrected chi connectivity index (χ0v) is 34.2. The van der Waals surface area contributed by atoms with Crippen LogP contribution in [0.5, 0.6) is 0 Å². The van der Waals surface area contributed by atoms with Gasteiger partial charge in [0.15, 0.2) is 10.9 Å². The highest BCUT2D eigenvalue weighted by atomic mass is 32.1. The molecule has 0 spiro atoms. The van der Waals surface area contributed by atoms with Gasteiger partial charge in [-0.05, 0) is 92.3 Å². The Balaban J connectivity index is 0.912. The van der Waals surface area contributed by atoms with E-state index in [1.54, 1.807) is 36.0 Å². The summed E-state index contributed by atoms with van der Waals surface area (Å²) >= 11 is 5.51. The first kappa shape index (κ1) is 42.3. The molecule has 63 heavy (non-hydrogen) atoms. The molecular weight excluding hydrogens is 848 g/mol. The molecule has 20 heteroatoms. The van der Waals surface area contributed by atoms with Crippen molar-refractivity contribution in [2.24, 2.45) is 12.0 Å². The number of benzene rings is 4. The molecule has 1 aromatic heterocycles. The number of hydrogen-bond acceptors (Lipinski definition) is 10. The van der Waals surface area contributed by atoms with Gasteiger partial charge < -0.3 is 20.9 Å². The molecule has 0 radical (unpaired) electrons. The summed E-state index contributed by atoms with van der Waals surface area (Å²) in [4.78, 5) is 63.4. The lowest BCUT2D eigenvalue weighted by Gasteiger charge is -2.37. The Morgan fingerprint density at radius 3 is 2.41 bits per heavy atom. The highest BCUT2D eigenvalue weighted by molar-refractivity contribution is 7.81. The molecule has 1 saturated heterocycles. The number of nitrogens with one attached hydrogen (secondary N) is 3. The number of thiocarbonyl (C=S) groups is 1. The lowest BCUT2D eigenvalue weighted by Crippen LogP contribution is -2.44. The van der Waals surface area contributed by atoms with Crippen molar-refractivity contribution in [1.29, 1.82) is 5.26 Å². The van der Waals surface area contributed by atoms with Gasteiger partial charge in [-0.2, -0.15) is 23.5 Å². The lowest BCUT2D eigenvalue weighted by molar-refractivity contribution is -0.137. The second kappa shape index (κ2) is 15.8. The number of carbonyl (C=O) groups is 4. The number of aromatic nitrogens is 3. The van der Waals surface area contributed by atoms with E-state index in [9.17, 15) is 42.0 Å². The number of alkyl halides is 3. The molecule has 2 atom stereocenters. The summed E-state index contributed by atoms with van der Waals surface area (Å²) in [6.45, 7) is 2.59. The van der Waals surface area contributed by atoms with E-state index in [1.165, 1.54) is 49.3 Å². The Hall–Kier alpha value is -7.40. The van der Waals surface area contributed by atoms with Gasteiger partial charge in [-0.1, -0.05) is 12.1 Å². The van der Waals surface area contributed by atoms with Crippen LogP contribution in [0.2, 0.25) is 0 Å². The van der Waals surface area contributed by atoms with Crippen LogP contribution in [0.25, 0.3) is 0 Å². The number of aryl methyl sites for hydroxylation is 1. The van der Waals surface area contributed by atoms with Gasteiger partial charge in [0.25, 0.3) is 11.8 Å². The third-order valence-electron chi connectivity index (χ3n) is 11.0. The average Bonchev–Trinajstić information content (AvgIpc) is 3.73. The number of nitriles is 1. The number of anilines is 4. The minimum atomic E-state index is -4.89. The molecule has 8 rings (SSSR count). The highest BCUT2D eigenvalue weighted by Crippen LogP contribution is 2.45. The van der Waals surface area contributed by atoms with E-state index < -0.39 is 64.2 Å². The second-order valence-corrected chi connectivity index (χ2v) is 15.7. The van der Waals surface area contributed by atoms with E-state index in [-0.39, 0.29) is 52.9 Å². The van der Waals surface area contributed by atoms with Gasteiger partial charge in [0.1, 0.15) is 35.9 Å². The zero-order valence-electron chi connectivity index (χ0n) is 33.3. The van der Waals surface area contributed by atoms with Crippen molar-refractivity contribution in [1.82, 2.24) is 20.1 Å². The minimum absolute atomic E-state index is 0.0421. The monoisotopic (exact) mass is 880 g/mol. The minimum Gasteiger partial charge on any atom is -0.376 e. The van der Waals surface area contributed by atoms with Crippen LogP contribution >= 0.6 is 12.2 Å². The SMILES string of the molecule is Cn1ncnc1[C@H]1C2=NCC(=O)c3cc(F)cc(c32)N[C@@H]1c1ccc(NC(=O)CCNC(=O)c2ccc(N3C(=S)N(c4ccc(C#N)c(C(F)(F)F)c4)C(=O)C3(C)C)cc2F)cc1. The van der Waals surface area contributed by atoms with Gasteiger partial charge in [-0.3, -0.25) is 33.8 Å². The van der Waals surface area contributed by atoms with Gasteiger partial charge in [-0.25, -0.2) is 13.8 Å². The predicted molar refractivity (Wildman–Crippen MR) is 223 cm³/mol. The molecule has 4 heterocycles. The fourth-order valence-corrected chi connectivity index (χ4v) is 8.52. The summed E-state index contributed by atoms with van der Waals surface area (Å²) in [5.41, 5.74) is -1.06. The molecule has 3 aliphatic rings. The third kappa shape index (κ3) is 7.53. The van der Waals surface area contributed by atoms with Crippen LogP contribution < -0.4 is 25.8 Å². The van der Waals surface area contributed by atoms with E-state index in [0.717, 1.165) is 34.7 Å². The fourth-order valence-electron chi connectivity index (χ4n) is 8.00. The summed E-state index contributed by atoms with van der Waals surface area (Å²) in [6, 6.07) is 16.6. The number of amides is 3. The first-order valence-corrected chi connectivity index (χ1v) is 19.6. The summed E-state index contributed by atoms with van der Waals surface area (Å²) in [5.74, 6) is -3.83. The van der Waals surface area contributed by atoms with Crippen LogP contribution in [0.15, 0.2) is 84.1 Å². The number of nitrogens with zero attached hydrogens (tertiary/aromatic N) is 7. The molecule has 0 saturated carbocycles. The molecule has 320 valence electrons. The van der Waals surface area contributed by atoms with E-state index in [1.807, 2.05) is 0 Å². The summed E-state index contributed by atoms with van der Waals surface area (Å²) in [5, 5.41) is 21.8. The molecule has 1 fully saturated rings. The lowest BCUT2D eigenvalue weighted by atomic mass is 9.78. The van der Waals surface area contributed by atoms with Gasteiger partial charge in [0.05, 0.1) is 46.1 Å². The number of halogens is 5. The Labute approximate surface area is 360 Å². The van der Waals surface area contributed by atoms with Gasteiger partial charge in [0.2, 0.25) is 5.91 Å². The van der Waals surface area contributed by atoms with Crippen LogP contribution in [-0.4, -0.2) is 67.7 Å². The van der Waals surface area contributed by atoms with Gasteiger partial charge in [-0.15, -0.1) is 0 Å². The van der Waals surface area contributed by atoms with E-state index in [4.69, 9.17) is 12.2 Å². The maximum Gasteiger partial charge on any atom is 0.417 e. The molecule has 3 N–H and O–H groups in total.